The molecule has 0 spiro atoms. The average molecular weight is 281 g/mol. The van der Waals surface area contributed by atoms with E-state index in [1.54, 1.807) is 0 Å². The van der Waals surface area contributed by atoms with Crippen LogP contribution in [-0.4, -0.2) is 48.2 Å². The topological polar surface area (TPSA) is 58.4 Å². The molecule has 0 aromatic heterocycles. The molecule has 4 nitrogen and oxygen atoms in total. The number of nitrogens with zero attached hydrogens (tertiary/aromatic N) is 1. The summed E-state index contributed by atoms with van der Waals surface area (Å²) in [5.74, 6) is -0.482. The molecule has 19 heavy (non-hydrogen) atoms. The highest BCUT2D eigenvalue weighted by molar-refractivity contribution is 5.85. The minimum Gasteiger partial charge on any atom is -0.368 e. The van der Waals surface area contributed by atoms with Gasteiger partial charge in [0.05, 0.1) is 12.1 Å². The molecule has 0 aromatic carbocycles. The Morgan fingerprint density at radius 1 is 1.53 bits per heavy atom. The summed E-state index contributed by atoms with van der Waals surface area (Å²) in [5, 5.41) is 3.12. The standard InChI is InChI=1S/C12H22F3N3O/c1-8(2)17-11(10(16)19)5-4-9(6-11)18(3)7-12(13,14)15/h8-9,17H,4-7H2,1-3H3,(H2,16,19). The van der Waals surface area contributed by atoms with Gasteiger partial charge in [-0.05, 0) is 40.2 Å². The second-order valence-electron chi connectivity index (χ2n) is 5.67. The first-order valence-electron chi connectivity index (χ1n) is 6.40. The Bertz CT molecular complexity index is 333. The van der Waals surface area contributed by atoms with Crippen LogP contribution in [0.3, 0.4) is 0 Å². The Morgan fingerprint density at radius 3 is 2.53 bits per heavy atom. The van der Waals surface area contributed by atoms with Crippen molar-refractivity contribution in [2.75, 3.05) is 13.6 Å². The number of hydrogen-bond donors (Lipinski definition) is 2. The van der Waals surface area contributed by atoms with Gasteiger partial charge in [-0.1, -0.05) is 0 Å². The fourth-order valence-corrected chi connectivity index (χ4v) is 2.79. The first-order chi connectivity index (χ1) is 8.56. The highest BCUT2D eigenvalue weighted by Gasteiger charge is 2.46. The van der Waals surface area contributed by atoms with Crippen LogP contribution in [0.15, 0.2) is 0 Å². The molecule has 1 saturated carbocycles. The van der Waals surface area contributed by atoms with Crippen molar-refractivity contribution in [3.63, 3.8) is 0 Å². The van der Waals surface area contributed by atoms with Gasteiger partial charge in [0, 0.05) is 12.1 Å². The van der Waals surface area contributed by atoms with Crippen LogP contribution in [0, 0.1) is 0 Å². The van der Waals surface area contributed by atoms with E-state index >= 15 is 0 Å². The lowest BCUT2D eigenvalue weighted by molar-refractivity contribution is -0.147. The van der Waals surface area contributed by atoms with Crippen molar-refractivity contribution in [1.82, 2.24) is 10.2 Å². The van der Waals surface area contributed by atoms with Crippen molar-refractivity contribution < 1.29 is 18.0 Å². The number of nitrogens with one attached hydrogen (secondary N) is 1. The first-order valence-corrected chi connectivity index (χ1v) is 6.40. The molecule has 2 atom stereocenters. The van der Waals surface area contributed by atoms with E-state index in [9.17, 15) is 18.0 Å². The Labute approximate surface area is 111 Å². The number of halogens is 3. The molecule has 0 saturated heterocycles. The molecule has 112 valence electrons. The van der Waals surface area contributed by atoms with E-state index in [0.29, 0.717) is 19.3 Å². The molecule has 0 heterocycles. The van der Waals surface area contributed by atoms with Gasteiger partial charge in [0.2, 0.25) is 5.91 Å². The fraction of sp³-hybridized carbons (Fsp3) is 0.917. The summed E-state index contributed by atoms with van der Waals surface area (Å²) in [4.78, 5) is 12.9. The number of rotatable bonds is 5. The van der Waals surface area contributed by atoms with Crippen molar-refractivity contribution in [2.45, 2.75) is 56.9 Å². The van der Waals surface area contributed by atoms with Gasteiger partial charge in [-0.3, -0.25) is 9.69 Å². The van der Waals surface area contributed by atoms with Crippen molar-refractivity contribution >= 4 is 5.91 Å². The Hall–Kier alpha value is -0.820. The molecule has 0 aromatic rings. The minimum atomic E-state index is -4.22. The average Bonchev–Trinajstić information content (AvgIpc) is 2.59. The maximum atomic E-state index is 12.4. The van der Waals surface area contributed by atoms with Crippen LogP contribution in [0.2, 0.25) is 0 Å². The molecule has 7 heteroatoms. The van der Waals surface area contributed by atoms with Crippen LogP contribution in [-0.2, 0) is 4.79 Å². The van der Waals surface area contributed by atoms with Crippen molar-refractivity contribution in [3.8, 4) is 0 Å². The van der Waals surface area contributed by atoms with Crippen molar-refractivity contribution in [2.24, 2.45) is 5.73 Å². The normalized spacial score (nSPS) is 28.3. The third kappa shape index (κ3) is 4.35. The quantitative estimate of drug-likeness (QED) is 0.797. The molecule has 3 N–H and O–H groups in total. The maximum Gasteiger partial charge on any atom is 0.401 e. The number of primary amides is 1. The molecule has 2 unspecified atom stereocenters. The second-order valence-corrected chi connectivity index (χ2v) is 5.67. The summed E-state index contributed by atoms with van der Waals surface area (Å²) in [7, 11) is 1.44. The lowest BCUT2D eigenvalue weighted by Crippen LogP contribution is -2.56. The van der Waals surface area contributed by atoms with Crippen LogP contribution < -0.4 is 11.1 Å². The first kappa shape index (κ1) is 16.2. The molecular weight excluding hydrogens is 259 g/mol. The number of amides is 1. The number of carbonyl (C=O) groups is 1. The number of carbonyl (C=O) groups excluding carboxylic acids is 1. The zero-order valence-corrected chi connectivity index (χ0v) is 11.5. The van der Waals surface area contributed by atoms with Gasteiger partial charge in [0.25, 0.3) is 0 Å². The predicted molar refractivity (Wildman–Crippen MR) is 66.5 cm³/mol. The highest BCUT2D eigenvalue weighted by Crippen LogP contribution is 2.34. The summed E-state index contributed by atoms with van der Waals surface area (Å²) >= 11 is 0. The van der Waals surface area contributed by atoms with Gasteiger partial charge >= 0.3 is 6.18 Å². The molecule has 0 bridgehead atoms. The van der Waals surface area contributed by atoms with E-state index in [-0.39, 0.29) is 12.1 Å². The molecule has 1 amide bonds. The van der Waals surface area contributed by atoms with Crippen LogP contribution in [0.25, 0.3) is 0 Å². The molecular formula is C12H22F3N3O. The second kappa shape index (κ2) is 5.66. The van der Waals surface area contributed by atoms with Crippen LogP contribution >= 0.6 is 0 Å². The Kier molecular flexibility index (Phi) is 4.84. The third-order valence-corrected chi connectivity index (χ3v) is 3.58. The summed E-state index contributed by atoms with van der Waals surface area (Å²) in [6, 6.07) is -0.223. The summed E-state index contributed by atoms with van der Waals surface area (Å²) in [6.45, 7) is 2.81. The molecule has 1 aliphatic rings. The van der Waals surface area contributed by atoms with Gasteiger partial charge in [-0.2, -0.15) is 13.2 Å². The lowest BCUT2D eigenvalue weighted by Gasteiger charge is -2.31. The summed E-state index contributed by atoms with van der Waals surface area (Å²) in [5.41, 5.74) is 4.55. The minimum absolute atomic E-state index is 0.0548. The maximum absolute atomic E-state index is 12.4. The lowest BCUT2D eigenvalue weighted by atomic mass is 9.95. The molecule has 1 aliphatic carbocycles. The van der Waals surface area contributed by atoms with Gasteiger partial charge < -0.3 is 11.1 Å². The molecule has 0 radical (unpaired) electrons. The van der Waals surface area contributed by atoms with E-state index in [2.05, 4.69) is 5.32 Å². The van der Waals surface area contributed by atoms with Gasteiger partial charge in [0.1, 0.15) is 0 Å². The van der Waals surface area contributed by atoms with E-state index in [1.165, 1.54) is 11.9 Å². The largest absolute Gasteiger partial charge is 0.401 e. The van der Waals surface area contributed by atoms with Crippen LogP contribution in [0.1, 0.15) is 33.1 Å². The van der Waals surface area contributed by atoms with Crippen molar-refractivity contribution in [3.05, 3.63) is 0 Å². The fourth-order valence-electron chi connectivity index (χ4n) is 2.79. The zero-order valence-electron chi connectivity index (χ0n) is 11.5. The monoisotopic (exact) mass is 281 g/mol. The number of hydrogen-bond acceptors (Lipinski definition) is 3. The smallest absolute Gasteiger partial charge is 0.368 e. The molecule has 1 fully saturated rings. The SMILES string of the molecule is CC(C)NC1(C(N)=O)CCC(N(C)CC(F)(F)F)C1. The van der Waals surface area contributed by atoms with E-state index in [0.717, 1.165) is 0 Å². The Balaban J connectivity index is 2.71. The molecule has 1 rings (SSSR count). The van der Waals surface area contributed by atoms with E-state index in [1.807, 2.05) is 13.8 Å². The van der Waals surface area contributed by atoms with Gasteiger partial charge in [0.15, 0.2) is 0 Å². The van der Waals surface area contributed by atoms with Gasteiger partial charge in [-0.25, -0.2) is 0 Å². The van der Waals surface area contributed by atoms with Crippen LogP contribution in [0.5, 0.6) is 0 Å². The zero-order chi connectivity index (χ0) is 14.8. The van der Waals surface area contributed by atoms with Crippen LogP contribution in [0.4, 0.5) is 13.2 Å². The third-order valence-electron chi connectivity index (χ3n) is 3.58. The predicted octanol–water partition coefficient (Wildman–Crippen LogP) is 1.26. The summed E-state index contributed by atoms with van der Waals surface area (Å²) < 4.78 is 37.1. The molecule has 0 aliphatic heterocycles. The van der Waals surface area contributed by atoms with Crippen molar-refractivity contribution in [1.29, 1.82) is 0 Å². The Morgan fingerprint density at radius 2 is 2.11 bits per heavy atom. The van der Waals surface area contributed by atoms with E-state index < -0.39 is 24.2 Å². The van der Waals surface area contributed by atoms with E-state index in [4.69, 9.17) is 5.73 Å². The van der Waals surface area contributed by atoms with Gasteiger partial charge in [-0.15, -0.1) is 0 Å². The number of nitrogens with two attached hydrogens (primary N) is 1. The summed E-state index contributed by atoms with van der Waals surface area (Å²) in [6.07, 6.45) is -2.88. The highest BCUT2D eigenvalue weighted by atomic mass is 19.4. The number of alkyl halides is 3.